The number of halogens is 1. The number of para-hydroxylation sites is 1. The minimum absolute atomic E-state index is 0.115. The van der Waals surface area contributed by atoms with E-state index in [2.05, 4.69) is 87.7 Å². The van der Waals surface area contributed by atoms with Crippen LogP contribution in [0.15, 0.2) is 100 Å². The lowest BCUT2D eigenvalue weighted by Crippen LogP contribution is -2.48. The van der Waals surface area contributed by atoms with Crippen molar-refractivity contribution in [3.63, 3.8) is 0 Å². The third kappa shape index (κ3) is 5.79. The molecule has 1 saturated heterocycles. The molecular formula is C34H33BrN2O2S. The van der Waals surface area contributed by atoms with E-state index in [1.807, 2.05) is 42.5 Å². The number of nitrogens with zero attached hydrogens (tertiary/aromatic N) is 1. The summed E-state index contributed by atoms with van der Waals surface area (Å²) >= 11 is 5.32. The van der Waals surface area contributed by atoms with Crippen LogP contribution < -0.4 is 10.1 Å². The maximum Gasteiger partial charge on any atom is 0.262 e. The molecular weight excluding hydrogens is 580 g/mol. The van der Waals surface area contributed by atoms with Gasteiger partial charge in [-0.15, -0.1) is 0 Å². The molecule has 40 heavy (non-hydrogen) atoms. The molecule has 4 nitrogen and oxygen atoms in total. The van der Waals surface area contributed by atoms with Crippen LogP contribution in [-0.4, -0.2) is 22.3 Å². The van der Waals surface area contributed by atoms with E-state index in [0.717, 1.165) is 38.4 Å². The minimum atomic E-state index is -0.126. The van der Waals surface area contributed by atoms with Crippen molar-refractivity contribution in [3.05, 3.63) is 112 Å². The fraction of sp³-hybridized carbons (Fsp3) is 0.265. The summed E-state index contributed by atoms with van der Waals surface area (Å²) in [7, 11) is 0. The highest BCUT2D eigenvalue weighted by Crippen LogP contribution is 2.42. The Morgan fingerprint density at radius 1 is 0.975 bits per heavy atom. The smallest absolute Gasteiger partial charge is 0.262 e. The fourth-order valence-corrected chi connectivity index (χ4v) is 7.54. The molecule has 1 aliphatic carbocycles. The Hall–Kier alpha value is -3.22. The van der Waals surface area contributed by atoms with Crippen LogP contribution in [0, 0.1) is 5.92 Å². The number of nitrogens with one attached hydrogen (secondary N) is 1. The van der Waals surface area contributed by atoms with E-state index in [9.17, 15) is 4.79 Å². The zero-order chi connectivity index (χ0) is 27.5. The van der Waals surface area contributed by atoms with Crippen LogP contribution in [0.25, 0.3) is 16.8 Å². The van der Waals surface area contributed by atoms with Gasteiger partial charge in [-0.05, 0) is 86.9 Å². The lowest BCUT2D eigenvalue weighted by atomic mass is 9.85. The van der Waals surface area contributed by atoms with Gasteiger partial charge < -0.3 is 15.0 Å². The topological polar surface area (TPSA) is 41.6 Å². The molecule has 4 aromatic rings. The molecule has 6 heteroatoms. The van der Waals surface area contributed by atoms with Gasteiger partial charge in [-0.1, -0.05) is 98.3 Å². The first-order chi connectivity index (χ1) is 19.6. The van der Waals surface area contributed by atoms with E-state index in [0.29, 0.717) is 12.5 Å². The second kappa shape index (κ2) is 12.1. The fourth-order valence-electron chi connectivity index (χ4n) is 5.82. The van der Waals surface area contributed by atoms with Gasteiger partial charge in [0.2, 0.25) is 0 Å². The second-order valence-corrected chi connectivity index (χ2v) is 12.6. The number of ether oxygens (including phenoxy) is 1. The van der Waals surface area contributed by atoms with E-state index in [1.165, 1.54) is 30.0 Å². The number of amides is 1. The number of thioether (sulfide) groups is 1. The first kappa shape index (κ1) is 27.0. The molecule has 1 N–H and O–H groups in total. The van der Waals surface area contributed by atoms with Gasteiger partial charge in [0.25, 0.3) is 5.91 Å². The summed E-state index contributed by atoms with van der Waals surface area (Å²) in [6.45, 7) is 2.77. The molecule has 0 aromatic heterocycles. The quantitative estimate of drug-likeness (QED) is 0.211. The van der Waals surface area contributed by atoms with Crippen molar-refractivity contribution in [2.45, 2.75) is 50.8 Å². The molecule has 1 saturated carbocycles. The number of hydrogen-bond acceptors (Lipinski definition) is 4. The van der Waals surface area contributed by atoms with Gasteiger partial charge in [0.15, 0.2) is 5.50 Å². The molecule has 2 fully saturated rings. The van der Waals surface area contributed by atoms with E-state index in [4.69, 9.17) is 4.74 Å². The molecule has 0 bridgehead atoms. The van der Waals surface area contributed by atoms with Crippen molar-refractivity contribution < 1.29 is 9.53 Å². The molecule has 3 atom stereocenters. The van der Waals surface area contributed by atoms with Gasteiger partial charge in [-0.3, -0.25) is 4.79 Å². The van der Waals surface area contributed by atoms with E-state index in [-0.39, 0.29) is 17.4 Å². The third-order valence-corrected chi connectivity index (χ3v) is 9.68. The number of anilines is 1. The normalized spacial score (nSPS) is 22.1. The highest BCUT2D eigenvalue weighted by Gasteiger charge is 2.42. The largest absolute Gasteiger partial charge is 0.488 e. The average Bonchev–Trinajstić information content (AvgIpc) is 3.27. The van der Waals surface area contributed by atoms with Gasteiger partial charge in [0.1, 0.15) is 12.4 Å². The van der Waals surface area contributed by atoms with Gasteiger partial charge in [0.05, 0.1) is 9.38 Å². The minimum Gasteiger partial charge on any atom is -0.488 e. The van der Waals surface area contributed by atoms with Crippen LogP contribution in [0.2, 0.25) is 0 Å². The Bertz CT molecular complexity index is 1530. The first-order valence-corrected chi connectivity index (χ1v) is 15.7. The Balaban J connectivity index is 1.21. The molecule has 4 aromatic carbocycles. The van der Waals surface area contributed by atoms with Crippen molar-refractivity contribution in [1.82, 2.24) is 4.90 Å². The van der Waals surface area contributed by atoms with Crippen molar-refractivity contribution >= 4 is 56.1 Å². The molecule has 204 valence electrons. The molecule has 1 amide bonds. The monoisotopic (exact) mass is 612 g/mol. The van der Waals surface area contributed by atoms with Crippen LogP contribution in [0.4, 0.5) is 5.69 Å². The lowest BCUT2D eigenvalue weighted by molar-refractivity contribution is -0.129. The predicted molar refractivity (Wildman–Crippen MR) is 170 cm³/mol. The van der Waals surface area contributed by atoms with Crippen LogP contribution in [0.5, 0.6) is 5.75 Å². The van der Waals surface area contributed by atoms with Crippen molar-refractivity contribution in [1.29, 1.82) is 0 Å². The summed E-state index contributed by atoms with van der Waals surface area (Å²) < 4.78 is 7.08. The average molecular weight is 614 g/mol. The maximum absolute atomic E-state index is 13.8. The number of hydrogen-bond donors (Lipinski definition) is 1. The maximum atomic E-state index is 13.8. The molecule has 6 rings (SSSR count). The summed E-state index contributed by atoms with van der Waals surface area (Å²) in [5.41, 5.74) is 3.02. The Morgan fingerprint density at radius 2 is 1.75 bits per heavy atom. The number of benzene rings is 4. The summed E-state index contributed by atoms with van der Waals surface area (Å²) in [4.78, 5) is 16.7. The Labute approximate surface area is 248 Å². The summed E-state index contributed by atoms with van der Waals surface area (Å²) in [5.74, 6) is 1.39. The van der Waals surface area contributed by atoms with E-state index < -0.39 is 0 Å². The number of fused-ring (bicyclic) bond motifs is 1. The standard InChI is InChI=1S/C34H33BrN2O2S/c1-23-10-5-8-17-30(23)37-33(38)32(40-34(37)36-27-14-3-2-4-15-27)21-24-18-19-31(29(35)20-24)39-22-26-13-9-12-25-11-6-7-16-28(25)26/h2-4,6-7,9,11-16,18-21,23,30,34,36H,5,8,10,17,22H2,1H3/b32-21-/t23-,30-,34?/m1/s1. The highest BCUT2D eigenvalue weighted by atomic mass is 79.9. The molecule has 0 spiro atoms. The SMILES string of the molecule is C[C@@H]1CCCC[C@H]1N1C(=O)/C(=C/c2ccc(OCc3cccc4ccccc34)c(Br)c2)SC1Nc1ccccc1. The number of rotatable bonds is 7. The van der Waals surface area contributed by atoms with Crippen LogP contribution in [-0.2, 0) is 11.4 Å². The zero-order valence-corrected chi connectivity index (χ0v) is 25.0. The number of carbonyl (C=O) groups is 1. The van der Waals surface area contributed by atoms with Gasteiger partial charge in [0, 0.05) is 11.7 Å². The molecule has 2 aliphatic rings. The van der Waals surface area contributed by atoms with Gasteiger partial charge in [-0.25, -0.2) is 0 Å². The highest BCUT2D eigenvalue weighted by molar-refractivity contribution is 9.10. The first-order valence-electron chi connectivity index (χ1n) is 14.0. The summed E-state index contributed by atoms with van der Waals surface area (Å²) in [6, 6.07) is 31.1. The van der Waals surface area contributed by atoms with E-state index >= 15 is 0 Å². The second-order valence-electron chi connectivity index (χ2n) is 10.6. The summed E-state index contributed by atoms with van der Waals surface area (Å²) in [5, 5.41) is 6.03. The predicted octanol–water partition coefficient (Wildman–Crippen LogP) is 9.07. The molecule has 0 radical (unpaired) electrons. The Morgan fingerprint density at radius 3 is 2.58 bits per heavy atom. The molecule has 1 heterocycles. The van der Waals surface area contributed by atoms with E-state index in [1.54, 1.807) is 11.8 Å². The third-order valence-electron chi connectivity index (χ3n) is 7.94. The lowest BCUT2D eigenvalue weighted by Gasteiger charge is -2.39. The van der Waals surface area contributed by atoms with Gasteiger partial charge >= 0.3 is 0 Å². The number of carbonyl (C=O) groups excluding carboxylic acids is 1. The Kier molecular flexibility index (Phi) is 8.17. The molecule has 1 aliphatic heterocycles. The zero-order valence-electron chi connectivity index (χ0n) is 22.6. The van der Waals surface area contributed by atoms with Crippen LogP contribution >= 0.6 is 27.7 Å². The van der Waals surface area contributed by atoms with Crippen molar-refractivity contribution in [3.8, 4) is 5.75 Å². The van der Waals surface area contributed by atoms with Crippen LogP contribution in [0.1, 0.15) is 43.7 Å². The van der Waals surface area contributed by atoms with Crippen LogP contribution in [0.3, 0.4) is 0 Å². The summed E-state index contributed by atoms with van der Waals surface area (Å²) in [6.07, 6.45) is 6.66. The molecule has 1 unspecified atom stereocenters. The van der Waals surface area contributed by atoms with Gasteiger partial charge in [-0.2, -0.15) is 0 Å². The van der Waals surface area contributed by atoms with Crippen molar-refractivity contribution in [2.75, 3.05) is 5.32 Å². The van der Waals surface area contributed by atoms with Crippen molar-refractivity contribution in [2.24, 2.45) is 5.92 Å².